The third kappa shape index (κ3) is 2.64. The number of para-hydroxylation sites is 1. The summed E-state index contributed by atoms with van der Waals surface area (Å²) in [6.07, 6.45) is 9.10. The first kappa shape index (κ1) is 19.5. The molecular weight excluding hydrogens is 424 g/mol. The summed E-state index contributed by atoms with van der Waals surface area (Å²) in [7, 11) is 0. The van der Waals surface area contributed by atoms with Gasteiger partial charge in [0.15, 0.2) is 0 Å². The lowest BCUT2D eigenvalue weighted by molar-refractivity contribution is -0.140. The highest BCUT2D eigenvalue weighted by atomic mass is 16.2. The number of hydrazone groups is 1. The van der Waals surface area contributed by atoms with Crippen LogP contribution in [0, 0.1) is 46.8 Å². The monoisotopic (exact) mass is 446 g/mol. The molecule has 166 valence electrons. The summed E-state index contributed by atoms with van der Waals surface area (Å²) >= 11 is 0. The Kier molecular flexibility index (Phi) is 4.02. The molecule has 2 aromatic carbocycles. The van der Waals surface area contributed by atoms with Crippen LogP contribution in [0.1, 0.15) is 23.1 Å². The maximum absolute atomic E-state index is 13.2. The van der Waals surface area contributed by atoms with Crippen molar-refractivity contribution in [1.82, 2.24) is 9.58 Å². The first-order valence-electron chi connectivity index (χ1n) is 11.8. The second-order valence-electron chi connectivity index (χ2n) is 9.89. The summed E-state index contributed by atoms with van der Waals surface area (Å²) in [6, 6.07) is 17.8. The Balaban J connectivity index is 1.22. The SMILES string of the molecule is N#Cc1ccccc1Cn1cc(/C=N/N2C(=O)C3C4C=CC(C5CC45)C3C2=O)c2ccccc21. The number of aromatic nitrogens is 1. The van der Waals surface area contributed by atoms with Crippen LogP contribution >= 0.6 is 0 Å². The van der Waals surface area contributed by atoms with Gasteiger partial charge in [-0.1, -0.05) is 48.6 Å². The van der Waals surface area contributed by atoms with E-state index in [1.807, 2.05) is 54.7 Å². The van der Waals surface area contributed by atoms with Crippen LogP contribution in [0.4, 0.5) is 0 Å². The summed E-state index contributed by atoms with van der Waals surface area (Å²) < 4.78 is 2.08. The number of allylic oxidation sites excluding steroid dienone is 2. The van der Waals surface area contributed by atoms with E-state index >= 15 is 0 Å². The fraction of sp³-hybridized carbons (Fsp3) is 0.286. The Morgan fingerprint density at radius 3 is 2.38 bits per heavy atom. The molecule has 1 aromatic heterocycles. The van der Waals surface area contributed by atoms with E-state index in [2.05, 4.69) is 27.9 Å². The molecule has 8 rings (SSSR count). The van der Waals surface area contributed by atoms with Crippen molar-refractivity contribution in [1.29, 1.82) is 5.26 Å². The largest absolute Gasteiger partial charge is 0.342 e. The molecule has 0 spiro atoms. The maximum Gasteiger partial charge on any atom is 0.254 e. The smallest absolute Gasteiger partial charge is 0.254 e. The van der Waals surface area contributed by atoms with Gasteiger partial charge in [-0.15, -0.1) is 0 Å². The molecule has 0 N–H and O–H groups in total. The van der Waals surface area contributed by atoms with Crippen molar-refractivity contribution in [2.45, 2.75) is 13.0 Å². The third-order valence-electron chi connectivity index (χ3n) is 8.25. The standard InChI is InChI=1S/C28H22N4O2/c29-12-16-5-1-2-6-17(16)14-31-15-18(19-7-3-4-8-24(19)31)13-30-32-27(33)25-20-9-10-21(23-11-22(20)23)26(25)28(32)34/h1-10,13,15,20-23,25-26H,11,14H2/b30-13+. The number of nitrogens with zero attached hydrogens (tertiary/aromatic N) is 4. The second-order valence-corrected chi connectivity index (χ2v) is 9.89. The Morgan fingerprint density at radius 1 is 0.971 bits per heavy atom. The number of hydrogen-bond donors (Lipinski definition) is 0. The van der Waals surface area contributed by atoms with E-state index in [-0.39, 0.29) is 35.5 Å². The van der Waals surface area contributed by atoms with Gasteiger partial charge in [-0.25, -0.2) is 0 Å². The molecule has 6 nitrogen and oxygen atoms in total. The highest BCUT2D eigenvalue weighted by molar-refractivity contribution is 6.07. The predicted octanol–water partition coefficient (Wildman–Crippen LogP) is 3.95. The van der Waals surface area contributed by atoms with E-state index in [1.165, 1.54) is 0 Å². The van der Waals surface area contributed by atoms with Gasteiger partial charge in [0.1, 0.15) is 0 Å². The van der Waals surface area contributed by atoms with Gasteiger partial charge in [0.05, 0.1) is 29.7 Å². The molecule has 1 aliphatic heterocycles. The number of carbonyl (C=O) groups is 2. The van der Waals surface area contributed by atoms with Crippen LogP contribution in [-0.4, -0.2) is 27.6 Å². The van der Waals surface area contributed by atoms with Crippen molar-refractivity contribution in [3.63, 3.8) is 0 Å². The molecule has 2 bridgehead atoms. The number of imide groups is 1. The molecule has 5 aliphatic rings. The fourth-order valence-corrected chi connectivity index (χ4v) is 6.63. The summed E-state index contributed by atoms with van der Waals surface area (Å²) in [4.78, 5) is 26.5. The summed E-state index contributed by atoms with van der Waals surface area (Å²) in [5.41, 5.74) is 3.42. The Bertz CT molecular complexity index is 1440. The minimum Gasteiger partial charge on any atom is -0.342 e. The quantitative estimate of drug-likeness (QED) is 0.346. The molecule has 1 saturated heterocycles. The fourth-order valence-electron chi connectivity index (χ4n) is 6.63. The van der Waals surface area contributed by atoms with Gasteiger partial charge in [0.2, 0.25) is 0 Å². The van der Waals surface area contributed by atoms with Crippen LogP contribution in [0.15, 0.2) is 72.0 Å². The molecule has 6 unspecified atom stereocenters. The normalized spacial score (nSPS) is 30.7. The molecule has 2 heterocycles. The zero-order valence-corrected chi connectivity index (χ0v) is 18.4. The van der Waals surface area contributed by atoms with Crippen LogP contribution in [-0.2, 0) is 16.1 Å². The Hall–Kier alpha value is -3.98. The van der Waals surface area contributed by atoms with Crippen molar-refractivity contribution >= 4 is 28.9 Å². The van der Waals surface area contributed by atoms with Crippen LogP contribution in [0.25, 0.3) is 10.9 Å². The Labute approximate surface area is 196 Å². The van der Waals surface area contributed by atoms with Crippen molar-refractivity contribution in [3.8, 4) is 6.07 Å². The first-order chi connectivity index (χ1) is 16.7. The van der Waals surface area contributed by atoms with Gasteiger partial charge >= 0.3 is 0 Å². The lowest BCUT2D eigenvalue weighted by Crippen LogP contribution is -2.40. The zero-order valence-electron chi connectivity index (χ0n) is 18.4. The molecule has 4 aliphatic carbocycles. The third-order valence-corrected chi connectivity index (χ3v) is 8.25. The number of rotatable bonds is 4. The lowest BCUT2D eigenvalue weighted by Gasteiger charge is -2.37. The summed E-state index contributed by atoms with van der Waals surface area (Å²) in [6.45, 7) is 0.543. The molecule has 0 radical (unpaired) electrons. The van der Waals surface area contributed by atoms with E-state index in [9.17, 15) is 14.9 Å². The van der Waals surface area contributed by atoms with Crippen LogP contribution < -0.4 is 0 Å². The molecule has 34 heavy (non-hydrogen) atoms. The number of amides is 2. The highest BCUT2D eigenvalue weighted by Gasteiger charge is 2.67. The van der Waals surface area contributed by atoms with Gasteiger partial charge in [0, 0.05) is 29.2 Å². The summed E-state index contributed by atoms with van der Waals surface area (Å²) in [5.74, 6) is 0.750. The van der Waals surface area contributed by atoms with E-state index < -0.39 is 0 Å². The van der Waals surface area contributed by atoms with E-state index in [4.69, 9.17) is 0 Å². The van der Waals surface area contributed by atoms with Gasteiger partial charge in [-0.2, -0.15) is 15.4 Å². The van der Waals surface area contributed by atoms with Gasteiger partial charge < -0.3 is 4.57 Å². The molecule has 3 fully saturated rings. The van der Waals surface area contributed by atoms with Crippen LogP contribution in [0.3, 0.4) is 0 Å². The zero-order chi connectivity index (χ0) is 23.0. The van der Waals surface area contributed by atoms with Crippen molar-refractivity contribution in [2.24, 2.45) is 40.6 Å². The molecule has 6 atom stereocenters. The molecular formula is C28H22N4O2. The minimum atomic E-state index is -0.243. The highest BCUT2D eigenvalue weighted by Crippen LogP contribution is 2.65. The number of hydrogen-bond acceptors (Lipinski definition) is 4. The second kappa shape index (κ2) is 7.01. The van der Waals surface area contributed by atoms with Crippen molar-refractivity contribution in [3.05, 3.63) is 83.6 Å². The lowest BCUT2D eigenvalue weighted by atomic mass is 9.63. The Morgan fingerprint density at radius 2 is 1.65 bits per heavy atom. The van der Waals surface area contributed by atoms with Crippen LogP contribution in [0.2, 0.25) is 0 Å². The summed E-state index contributed by atoms with van der Waals surface area (Å²) in [5, 5.41) is 16.0. The van der Waals surface area contributed by atoms with Gasteiger partial charge in [-0.3, -0.25) is 9.59 Å². The maximum atomic E-state index is 13.2. The average Bonchev–Trinajstić information content (AvgIpc) is 3.58. The van der Waals surface area contributed by atoms with Crippen molar-refractivity contribution < 1.29 is 9.59 Å². The molecule has 6 heteroatoms. The van der Waals surface area contributed by atoms with Crippen molar-refractivity contribution in [2.75, 3.05) is 0 Å². The van der Waals surface area contributed by atoms with E-state index in [1.54, 1.807) is 6.21 Å². The first-order valence-corrected chi connectivity index (χ1v) is 11.8. The number of fused-ring (bicyclic) bond motifs is 1. The minimum absolute atomic E-state index is 0.150. The van der Waals surface area contributed by atoms with E-state index in [0.717, 1.165) is 33.5 Å². The number of carbonyl (C=O) groups excluding carboxylic acids is 2. The predicted molar refractivity (Wildman–Crippen MR) is 126 cm³/mol. The van der Waals surface area contributed by atoms with E-state index in [0.29, 0.717) is 23.9 Å². The average molecular weight is 447 g/mol. The van der Waals surface area contributed by atoms with Gasteiger partial charge in [-0.05, 0) is 47.8 Å². The number of benzene rings is 2. The topological polar surface area (TPSA) is 78.5 Å². The number of nitriles is 1. The van der Waals surface area contributed by atoms with Crippen LogP contribution in [0.5, 0.6) is 0 Å². The van der Waals surface area contributed by atoms with Gasteiger partial charge in [0.25, 0.3) is 11.8 Å². The molecule has 3 aromatic rings. The molecule has 2 amide bonds. The molecule has 2 saturated carbocycles.